The summed E-state index contributed by atoms with van der Waals surface area (Å²) in [7, 11) is 0. The molecule has 0 saturated heterocycles. The Morgan fingerprint density at radius 3 is 2.71 bits per heavy atom. The maximum Gasteiger partial charge on any atom is 0.216 e. The van der Waals surface area contributed by atoms with E-state index in [2.05, 4.69) is 4.99 Å². The van der Waals surface area contributed by atoms with Crippen LogP contribution in [0.3, 0.4) is 0 Å². The second kappa shape index (κ2) is 6.09. The molecule has 0 N–H and O–H groups in total. The topological polar surface area (TPSA) is 60.8 Å². The van der Waals surface area contributed by atoms with E-state index in [1.807, 2.05) is 18.2 Å². The van der Waals surface area contributed by atoms with Crippen LogP contribution in [0.15, 0.2) is 58.1 Å². The fourth-order valence-electron chi connectivity index (χ4n) is 1.95. The van der Waals surface area contributed by atoms with Crippen LogP contribution in [0.1, 0.15) is 11.3 Å². The van der Waals surface area contributed by atoms with E-state index in [1.165, 1.54) is 6.21 Å². The highest BCUT2D eigenvalue weighted by Crippen LogP contribution is 2.14. The van der Waals surface area contributed by atoms with Gasteiger partial charge in [0.1, 0.15) is 12.4 Å². The van der Waals surface area contributed by atoms with Gasteiger partial charge >= 0.3 is 0 Å². The van der Waals surface area contributed by atoms with Crippen LogP contribution >= 0.6 is 0 Å². The minimum Gasteiger partial charge on any atom is -0.618 e. The molecule has 1 aliphatic rings. The quantitative estimate of drug-likeness (QED) is 0.375. The highest BCUT2D eigenvalue weighted by atomic mass is 16.5. The summed E-state index contributed by atoms with van der Waals surface area (Å²) in [6.07, 6.45) is 6.38. The highest BCUT2D eigenvalue weighted by Gasteiger charge is 2.10. The molecule has 0 saturated carbocycles. The number of aliphatic imine (C=N–C) groups is 1. The van der Waals surface area contributed by atoms with Crippen molar-refractivity contribution in [2.45, 2.75) is 0 Å². The van der Waals surface area contributed by atoms with Gasteiger partial charge in [-0.2, -0.15) is 4.74 Å². The first-order chi connectivity index (χ1) is 10.3. The first-order valence-electron chi connectivity index (χ1n) is 6.62. The van der Waals surface area contributed by atoms with Gasteiger partial charge in [0.25, 0.3) is 0 Å². The van der Waals surface area contributed by atoms with Gasteiger partial charge in [-0.05, 0) is 30.3 Å². The molecule has 3 rings (SSSR count). The van der Waals surface area contributed by atoms with Crippen molar-refractivity contribution in [2.75, 3.05) is 13.2 Å². The van der Waals surface area contributed by atoms with Crippen LogP contribution < -0.4 is 0 Å². The summed E-state index contributed by atoms with van der Waals surface area (Å²) in [6.45, 7) is 1.31. The van der Waals surface area contributed by atoms with Gasteiger partial charge in [0.2, 0.25) is 11.6 Å². The number of benzene rings is 1. The lowest BCUT2D eigenvalue weighted by Gasteiger charge is -2.04. The van der Waals surface area contributed by atoms with E-state index >= 15 is 0 Å². The summed E-state index contributed by atoms with van der Waals surface area (Å²) >= 11 is 0. The Morgan fingerprint density at radius 2 is 2.05 bits per heavy atom. The minimum atomic E-state index is 0.543. The Hall–Kier alpha value is -2.82. The van der Waals surface area contributed by atoms with E-state index < -0.39 is 0 Å². The van der Waals surface area contributed by atoms with E-state index in [-0.39, 0.29) is 0 Å². The molecule has 106 valence electrons. The van der Waals surface area contributed by atoms with Crippen molar-refractivity contribution in [1.29, 1.82) is 0 Å². The number of furan rings is 1. The van der Waals surface area contributed by atoms with Gasteiger partial charge < -0.3 is 14.4 Å². The number of ether oxygens (including phenoxy) is 1. The summed E-state index contributed by atoms with van der Waals surface area (Å²) in [5.74, 6) is 1.34. The molecule has 2 heterocycles. The molecule has 0 bridgehead atoms. The van der Waals surface area contributed by atoms with Crippen LogP contribution in [0.5, 0.6) is 0 Å². The van der Waals surface area contributed by atoms with E-state index in [0.717, 1.165) is 10.3 Å². The molecule has 0 atom stereocenters. The maximum absolute atomic E-state index is 11.9. The molecule has 0 unspecified atom stereocenters. The Balaban J connectivity index is 1.71. The third-order valence-corrected chi connectivity index (χ3v) is 2.98. The molecule has 21 heavy (non-hydrogen) atoms. The lowest BCUT2D eigenvalue weighted by molar-refractivity contribution is -0.354. The van der Waals surface area contributed by atoms with Crippen molar-refractivity contribution >= 4 is 23.9 Å². The zero-order chi connectivity index (χ0) is 14.5. The van der Waals surface area contributed by atoms with E-state index in [9.17, 15) is 5.21 Å². The molecule has 0 fully saturated rings. The molecule has 1 aromatic heterocycles. The lowest BCUT2D eigenvalue weighted by atomic mass is 10.2. The zero-order valence-corrected chi connectivity index (χ0v) is 11.3. The number of nitrogens with zero attached hydrogens (tertiary/aromatic N) is 2. The number of allylic oxidation sites excluding steroid dienone is 1. The molecule has 1 aromatic carbocycles. The molecule has 0 radical (unpaired) electrons. The smallest absolute Gasteiger partial charge is 0.216 e. The van der Waals surface area contributed by atoms with Gasteiger partial charge in [-0.15, -0.1) is 0 Å². The second-order valence-corrected chi connectivity index (χ2v) is 4.43. The molecule has 5 heteroatoms. The van der Waals surface area contributed by atoms with Gasteiger partial charge in [-0.1, -0.05) is 0 Å². The van der Waals surface area contributed by atoms with E-state index in [4.69, 9.17) is 9.15 Å². The van der Waals surface area contributed by atoms with Crippen LogP contribution in [-0.2, 0) is 4.74 Å². The van der Waals surface area contributed by atoms with Crippen LogP contribution in [0.25, 0.3) is 6.08 Å². The van der Waals surface area contributed by atoms with Gasteiger partial charge in [0.15, 0.2) is 6.21 Å². The van der Waals surface area contributed by atoms with Crippen molar-refractivity contribution in [3.63, 3.8) is 0 Å². The SMILES string of the molecule is [O-]/[N+](=C/C=C/c1ccco1)c1ccc(C2=NCCO2)cc1. The summed E-state index contributed by atoms with van der Waals surface area (Å²) in [5, 5.41) is 11.9. The fraction of sp³-hybridized carbons (Fsp3) is 0.125. The van der Waals surface area contributed by atoms with Crippen LogP contribution in [0.2, 0.25) is 0 Å². The normalized spacial score (nSPS) is 15.2. The van der Waals surface area contributed by atoms with Crippen molar-refractivity contribution in [2.24, 2.45) is 4.99 Å². The van der Waals surface area contributed by atoms with Gasteiger partial charge in [-0.3, -0.25) is 0 Å². The second-order valence-electron chi connectivity index (χ2n) is 4.43. The van der Waals surface area contributed by atoms with Crippen molar-refractivity contribution in [3.05, 3.63) is 65.3 Å². The summed E-state index contributed by atoms with van der Waals surface area (Å²) in [5.41, 5.74) is 1.43. The molecule has 1 aliphatic heterocycles. The van der Waals surface area contributed by atoms with Gasteiger partial charge in [0, 0.05) is 23.8 Å². The predicted octanol–water partition coefficient (Wildman–Crippen LogP) is 2.98. The molecule has 5 nitrogen and oxygen atoms in total. The molecule has 0 amide bonds. The lowest BCUT2D eigenvalue weighted by Crippen LogP contribution is -2.01. The minimum absolute atomic E-state index is 0.543. The largest absolute Gasteiger partial charge is 0.618 e. The van der Waals surface area contributed by atoms with Gasteiger partial charge in [0.05, 0.1) is 12.8 Å². The van der Waals surface area contributed by atoms with Crippen molar-refractivity contribution in [3.8, 4) is 0 Å². The third kappa shape index (κ3) is 3.20. The first-order valence-corrected chi connectivity index (χ1v) is 6.62. The average Bonchev–Trinajstić information content (AvgIpc) is 3.21. The number of hydrogen-bond acceptors (Lipinski definition) is 4. The Bertz CT molecular complexity index is 683. The summed E-state index contributed by atoms with van der Waals surface area (Å²) < 4.78 is 11.3. The molecule has 2 aromatic rings. The third-order valence-electron chi connectivity index (χ3n) is 2.98. The molecule has 0 spiro atoms. The predicted molar refractivity (Wildman–Crippen MR) is 80.9 cm³/mol. The maximum atomic E-state index is 11.9. The zero-order valence-electron chi connectivity index (χ0n) is 11.3. The summed E-state index contributed by atoms with van der Waals surface area (Å²) in [4.78, 5) is 4.23. The fourth-order valence-corrected chi connectivity index (χ4v) is 1.95. The van der Waals surface area contributed by atoms with E-state index in [0.29, 0.717) is 30.5 Å². The average molecular weight is 282 g/mol. The Labute approximate surface area is 122 Å². The standard InChI is InChI=1S/C16H14N2O3/c19-18(10-1-3-15-4-2-11-20-15)14-7-5-13(6-8-14)16-17-9-12-21-16/h1-8,10-11H,9,12H2/b3-1+,18-10+. The Kier molecular flexibility index (Phi) is 3.82. The highest BCUT2D eigenvalue weighted by molar-refractivity contribution is 5.95. The van der Waals surface area contributed by atoms with Crippen molar-refractivity contribution in [1.82, 2.24) is 0 Å². The summed E-state index contributed by atoms with van der Waals surface area (Å²) in [6, 6.07) is 10.7. The first kappa shape index (κ1) is 13.2. The van der Waals surface area contributed by atoms with Crippen molar-refractivity contribution < 1.29 is 13.9 Å². The van der Waals surface area contributed by atoms with Gasteiger partial charge in [-0.25, -0.2) is 4.99 Å². The van der Waals surface area contributed by atoms with Crippen LogP contribution in [0.4, 0.5) is 5.69 Å². The Morgan fingerprint density at radius 1 is 1.19 bits per heavy atom. The van der Waals surface area contributed by atoms with E-state index in [1.54, 1.807) is 36.6 Å². The monoisotopic (exact) mass is 282 g/mol. The molecular formula is C16H14N2O3. The number of rotatable bonds is 4. The van der Waals surface area contributed by atoms with Crippen LogP contribution in [0, 0.1) is 5.21 Å². The molecule has 0 aliphatic carbocycles. The van der Waals surface area contributed by atoms with Crippen LogP contribution in [-0.4, -0.2) is 30.0 Å². The number of hydrogen-bond donors (Lipinski definition) is 0. The molecular weight excluding hydrogens is 268 g/mol.